The highest BCUT2D eigenvalue weighted by molar-refractivity contribution is 7.92. The van der Waals surface area contributed by atoms with Crippen molar-refractivity contribution < 1.29 is 27.6 Å². The number of nitro groups is 1. The van der Waals surface area contributed by atoms with Crippen molar-refractivity contribution in [2.75, 3.05) is 0 Å². The number of sulfone groups is 1. The molecule has 0 amide bonds. The number of carboxylic acids is 1. The normalized spacial score (nSPS) is 22.5. The van der Waals surface area contributed by atoms with E-state index in [-0.39, 0.29) is 22.6 Å². The maximum Gasteiger partial charge on any atom is 0.320 e. The summed E-state index contributed by atoms with van der Waals surface area (Å²) in [6.07, 6.45) is -0.256. The first-order valence-corrected chi connectivity index (χ1v) is 9.48. The lowest BCUT2D eigenvalue weighted by atomic mass is 10.0. The first kappa shape index (κ1) is 18.9. The molecular formula is C17H15FN2O6S. The second-order valence-corrected chi connectivity index (χ2v) is 8.29. The second kappa shape index (κ2) is 7.05. The molecule has 0 spiro atoms. The molecule has 0 radical (unpaired) electrons. The monoisotopic (exact) mass is 394 g/mol. The van der Waals surface area contributed by atoms with Crippen molar-refractivity contribution in [2.24, 2.45) is 0 Å². The number of nitrogens with one attached hydrogen (secondary N) is 1. The Kier molecular flexibility index (Phi) is 4.94. The summed E-state index contributed by atoms with van der Waals surface area (Å²) in [6, 6.07) is 7.63. The van der Waals surface area contributed by atoms with Crippen LogP contribution in [0.25, 0.3) is 0 Å². The van der Waals surface area contributed by atoms with Crippen LogP contribution >= 0.6 is 0 Å². The van der Waals surface area contributed by atoms with Gasteiger partial charge in [-0.15, -0.1) is 0 Å². The van der Waals surface area contributed by atoms with Gasteiger partial charge in [-0.3, -0.25) is 20.2 Å². The molecule has 0 aromatic heterocycles. The maximum absolute atomic E-state index is 14.2. The fourth-order valence-electron chi connectivity index (χ4n) is 3.19. The molecule has 142 valence electrons. The zero-order chi connectivity index (χ0) is 19.8. The Morgan fingerprint density at radius 2 is 1.81 bits per heavy atom. The van der Waals surface area contributed by atoms with Crippen LogP contribution in [0.1, 0.15) is 18.0 Å². The first-order valence-electron chi connectivity index (χ1n) is 7.93. The molecule has 0 bridgehead atoms. The molecule has 2 N–H and O–H groups in total. The summed E-state index contributed by atoms with van der Waals surface area (Å²) in [6.45, 7) is 0. The SMILES string of the molecule is O=C(O)C1CC(S(=O)(=O)c2ccc([N+](=O)[O-])cc2)C(c2ccccc2F)N1. The van der Waals surface area contributed by atoms with Crippen LogP contribution in [0.2, 0.25) is 0 Å². The van der Waals surface area contributed by atoms with E-state index >= 15 is 0 Å². The van der Waals surface area contributed by atoms with Crippen LogP contribution in [-0.2, 0) is 14.6 Å². The third-order valence-corrected chi connectivity index (χ3v) is 6.72. The zero-order valence-corrected chi connectivity index (χ0v) is 14.6. The largest absolute Gasteiger partial charge is 0.480 e. The fraction of sp³-hybridized carbons (Fsp3) is 0.235. The van der Waals surface area contributed by atoms with Gasteiger partial charge in [0.25, 0.3) is 5.69 Å². The molecule has 2 aromatic carbocycles. The lowest BCUT2D eigenvalue weighted by Gasteiger charge is -2.20. The van der Waals surface area contributed by atoms with Gasteiger partial charge >= 0.3 is 5.97 Å². The lowest BCUT2D eigenvalue weighted by Crippen LogP contribution is -2.33. The molecule has 0 aliphatic carbocycles. The molecular weight excluding hydrogens is 379 g/mol. The van der Waals surface area contributed by atoms with E-state index in [0.29, 0.717) is 0 Å². The highest BCUT2D eigenvalue weighted by Crippen LogP contribution is 2.36. The van der Waals surface area contributed by atoms with Crippen molar-refractivity contribution in [3.05, 3.63) is 70.0 Å². The number of aliphatic carboxylic acids is 1. The Morgan fingerprint density at radius 3 is 2.37 bits per heavy atom. The van der Waals surface area contributed by atoms with E-state index in [1.165, 1.54) is 24.3 Å². The predicted octanol–water partition coefficient (Wildman–Crippen LogP) is 2.06. The number of hydrogen-bond acceptors (Lipinski definition) is 6. The van der Waals surface area contributed by atoms with Crippen LogP contribution in [0.5, 0.6) is 0 Å². The molecule has 1 saturated heterocycles. The Morgan fingerprint density at radius 1 is 1.19 bits per heavy atom. The van der Waals surface area contributed by atoms with Gasteiger partial charge in [-0.25, -0.2) is 12.8 Å². The molecule has 2 aromatic rings. The summed E-state index contributed by atoms with van der Waals surface area (Å²) >= 11 is 0. The molecule has 27 heavy (non-hydrogen) atoms. The molecule has 8 nitrogen and oxygen atoms in total. The van der Waals surface area contributed by atoms with Crippen molar-refractivity contribution in [3.63, 3.8) is 0 Å². The van der Waals surface area contributed by atoms with E-state index in [4.69, 9.17) is 0 Å². The van der Waals surface area contributed by atoms with Crippen LogP contribution in [0.15, 0.2) is 53.4 Å². The topological polar surface area (TPSA) is 127 Å². The van der Waals surface area contributed by atoms with Crippen LogP contribution in [-0.4, -0.2) is 35.7 Å². The minimum Gasteiger partial charge on any atom is -0.480 e. The van der Waals surface area contributed by atoms with Gasteiger partial charge in [0.2, 0.25) is 0 Å². The Balaban J connectivity index is 2.03. The van der Waals surface area contributed by atoms with Gasteiger partial charge in [0.15, 0.2) is 9.84 Å². The standard InChI is InChI=1S/C17H15FN2O6S/c18-13-4-2-1-3-12(13)16-15(9-14(19-16)17(21)22)27(25,26)11-7-5-10(6-8-11)20(23)24/h1-8,14-16,19H,9H2,(H,21,22). The average molecular weight is 394 g/mol. The quantitative estimate of drug-likeness (QED) is 0.587. The van der Waals surface area contributed by atoms with E-state index in [1.54, 1.807) is 0 Å². The van der Waals surface area contributed by atoms with Crippen molar-refractivity contribution in [2.45, 2.75) is 28.6 Å². The summed E-state index contributed by atoms with van der Waals surface area (Å²) in [4.78, 5) is 21.3. The van der Waals surface area contributed by atoms with Crippen molar-refractivity contribution >= 4 is 21.5 Å². The number of rotatable bonds is 5. The Bertz CT molecular complexity index is 993. The zero-order valence-electron chi connectivity index (χ0n) is 13.8. The van der Waals surface area contributed by atoms with Crippen molar-refractivity contribution in [1.29, 1.82) is 0 Å². The van der Waals surface area contributed by atoms with Gasteiger partial charge < -0.3 is 5.11 Å². The van der Waals surface area contributed by atoms with Gasteiger partial charge in [-0.1, -0.05) is 18.2 Å². The number of carbonyl (C=O) groups is 1. The van der Waals surface area contributed by atoms with Crippen LogP contribution in [0.4, 0.5) is 10.1 Å². The van der Waals surface area contributed by atoms with Crippen LogP contribution in [0.3, 0.4) is 0 Å². The minimum atomic E-state index is -4.08. The average Bonchev–Trinajstić information content (AvgIpc) is 3.08. The van der Waals surface area contributed by atoms with Gasteiger partial charge in [-0.05, 0) is 24.6 Å². The Hall–Kier alpha value is -2.85. The smallest absolute Gasteiger partial charge is 0.320 e. The predicted molar refractivity (Wildman–Crippen MR) is 92.4 cm³/mol. The minimum absolute atomic E-state index is 0.0525. The van der Waals surface area contributed by atoms with Crippen molar-refractivity contribution in [3.8, 4) is 0 Å². The highest BCUT2D eigenvalue weighted by atomic mass is 32.2. The number of benzene rings is 2. The number of halogens is 1. The number of nitrogens with zero attached hydrogens (tertiary/aromatic N) is 1. The summed E-state index contributed by atoms with van der Waals surface area (Å²) in [5, 5.41) is 21.5. The summed E-state index contributed by atoms with van der Waals surface area (Å²) in [5.74, 6) is -1.89. The summed E-state index contributed by atoms with van der Waals surface area (Å²) in [7, 11) is -4.08. The number of non-ortho nitro benzene ring substituents is 1. The molecule has 3 atom stereocenters. The lowest BCUT2D eigenvalue weighted by molar-refractivity contribution is -0.384. The third-order valence-electron chi connectivity index (χ3n) is 4.53. The molecule has 1 aliphatic rings. The first-order chi connectivity index (χ1) is 12.7. The highest BCUT2D eigenvalue weighted by Gasteiger charge is 2.46. The molecule has 1 fully saturated rings. The van der Waals surface area contributed by atoms with Crippen molar-refractivity contribution in [1.82, 2.24) is 5.32 Å². The summed E-state index contributed by atoms with van der Waals surface area (Å²) < 4.78 is 40.3. The van der Waals surface area contributed by atoms with Gasteiger partial charge in [-0.2, -0.15) is 0 Å². The number of carboxylic acid groups (broad SMARTS) is 1. The van der Waals surface area contributed by atoms with Crippen LogP contribution in [0, 0.1) is 15.9 Å². The summed E-state index contributed by atoms with van der Waals surface area (Å²) in [5.41, 5.74) is -0.218. The maximum atomic E-state index is 14.2. The molecule has 1 aliphatic heterocycles. The molecule has 3 rings (SSSR count). The van der Waals surface area contributed by atoms with E-state index in [9.17, 15) is 32.8 Å². The van der Waals surface area contributed by atoms with E-state index < -0.39 is 43.9 Å². The third kappa shape index (κ3) is 3.53. The molecule has 3 unspecified atom stereocenters. The second-order valence-electron chi connectivity index (χ2n) is 6.13. The molecule has 1 heterocycles. The van der Waals surface area contributed by atoms with Gasteiger partial charge in [0, 0.05) is 17.7 Å². The Labute approximate surface area is 153 Å². The molecule has 10 heteroatoms. The molecule has 0 saturated carbocycles. The van der Waals surface area contributed by atoms with Gasteiger partial charge in [0.05, 0.1) is 21.1 Å². The number of hydrogen-bond donors (Lipinski definition) is 2. The van der Waals surface area contributed by atoms with E-state index in [2.05, 4.69) is 5.32 Å². The van der Waals surface area contributed by atoms with E-state index in [1.807, 2.05) is 0 Å². The van der Waals surface area contributed by atoms with Gasteiger partial charge in [0.1, 0.15) is 11.9 Å². The van der Waals surface area contributed by atoms with E-state index in [0.717, 1.165) is 24.3 Å². The fourth-order valence-corrected chi connectivity index (χ4v) is 5.08. The van der Waals surface area contributed by atoms with Crippen LogP contribution < -0.4 is 5.32 Å². The number of nitro benzene ring substituents is 1.